The van der Waals surface area contributed by atoms with Gasteiger partial charge in [-0.1, -0.05) is 18.2 Å². The molecule has 4 aromatic heterocycles. The summed E-state index contributed by atoms with van der Waals surface area (Å²) in [5.41, 5.74) is 2.74. The van der Waals surface area contributed by atoms with Gasteiger partial charge in [-0.25, -0.2) is 9.67 Å². The van der Waals surface area contributed by atoms with Gasteiger partial charge in [0.2, 0.25) is 11.5 Å². The smallest absolute Gasteiger partial charge is 0.248 e. The minimum Gasteiger partial charge on any atom is -0.367 e. The molecule has 0 saturated carbocycles. The number of hydrogen-bond acceptors (Lipinski definition) is 9. The summed E-state index contributed by atoms with van der Waals surface area (Å²) < 4.78 is 3.35. The highest BCUT2D eigenvalue weighted by Gasteiger charge is 2.24. The monoisotopic (exact) mass is 473 g/mol. The van der Waals surface area contributed by atoms with E-state index >= 15 is 0 Å². The van der Waals surface area contributed by atoms with E-state index in [9.17, 15) is 15.0 Å². The Balaban J connectivity index is 1.39. The number of anilines is 2. The Morgan fingerprint density at radius 3 is 2.57 bits per heavy atom. The van der Waals surface area contributed by atoms with Crippen molar-refractivity contribution in [1.29, 1.82) is 0 Å². The molecule has 0 spiro atoms. The third-order valence-electron chi connectivity index (χ3n) is 6.17. The fraction of sp³-hybridized carbons (Fsp3) is 0.261. The summed E-state index contributed by atoms with van der Waals surface area (Å²) >= 11 is 0. The maximum atomic E-state index is 11.4. The highest BCUT2D eigenvalue weighted by molar-refractivity contribution is 5.85. The van der Waals surface area contributed by atoms with Crippen molar-refractivity contribution in [3.8, 4) is 5.82 Å². The number of nitrogens with zero attached hydrogens (tertiary/aromatic N) is 8. The first-order valence-electron chi connectivity index (χ1n) is 11.3. The van der Waals surface area contributed by atoms with E-state index in [0.29, 0.717) is 36.0 Å². The topological polar surface area (TPSA) is 141 Å². The highest BCUT2D eigenvalue weighted by Crippen LogP contribution is 2.26. The lowest BCUT2D eigenvalue weighted by Gasteiger charge is -2.36. The van der Waals surface area contributed by atoms with Gasteiger partial charge in [-0.15, -0.1) is 0 Å². The normalized spacial score (nSPS) is 14.5. The molecule has 0 aliphatic carbocycles. The molecular formula is C23H23N9O3. The van der Waals surface area contributed by atoms with E-state index in [-0.39, 0.29) is 12.1 Å². The van der Waals surface area contributed by atoms with Crippen LogP contribution in [-0.2, 0) is 6.54 Å². The Morgan fingerprint density at radius 2 is 1.80 bits per heavy atom. The summed E-state index contributed by atoms with van der Waals surface area (Å²) in [7, 11) is 0. The first-order chi connectivity index (χ1) is 17.1. The van der Waals surface area contributed by atoms with Gasteiger partial charge in [0.25, 0.3) is 0 Å². The Labute approximate surface area is 198 Å². The first-order valence-corrected chi connectivity index (χ1v) is 11.3. The fourth-order valence-electron chi connectivity index (χ4n) is 4.42. The minimum atomic E-state index is -1.54. The number of H-pyrrole nitrogens is 1. The number of imidazole rings is 1. The molecule has 178 valence electrons. The molecule has 3 N–H and O–H groups in total. The molecule has 0 bridgehead atoms. The second-order valence-electron chi connectivity index (χ2n) is 8.40. The third kappa shape index (κ3) is 3.88. The fourth-order valence-corrected chi connectivity index (χ4v) is 4.42. The Kier molecular flexibility index (Phi) is 5.16. The number of aliphatic hydroxyl groups excluding tert-OH is 1. The van der Waals surface area contributed by atoms with Crippen LogP contribution in [0, 0.1) is 0 Å². The SMILES string of the molecule is O=c1ccc(N2CCN(c3nc(-n4ncc5ccccc54)c4ncn(CC(O)O)c4n3)CC2)c[nH]1. The van der Waals surface area contributed by atoms with Gasteiger partial charge in [0.15, 0.2) is 23.3 Å². The van der Waals surface area contributed by atoms with Crippen molar-refractivity contribution >= 4 is 33.7 Å². The van der Waals surface area contributed by atoms with Crippen molar-refractivity contribution in [1.82, 2.24) is 34.3 Å². The van der Waals surface area contributed by atoms with Gasteiger partial charge in [-0.2, -0.15) is 15.1 Å². The van der Waals surface area contributed by atoms with Crippen LogP contribution >= 0.6 is 0 Å². The molecule has 1 aliphatic heterocycles. The molecular weight excluding hydrogens is 450 g/mol. The van der Waals surface area contributed by atoms with E-state index < -0.39 is 6.29 Å². The molecule has 12 nitrogen and oxygen atoms in total. The molecule has 6 rings (SSSR count). The van der Waals surface area contributed by atoms with Crippen molar-refractivity contribution < 1.29 is 10.2 Å². The zero-order valence-electron chi connectivity index (χ0n) is 18.7. The van der Waals surface area contributed by atoms with Gasteiger partial charge in [0, 0.05) is 43.8 Å². The van der Waals surface area contributed by atoms with Crippen LogP contribution < -0.4 is 15.4 Å². The number of benzene rings is 1. The van der Waals surface area contributed by atoms with Crippen LogP contribution in [0.15, 0.2) is 59.9 Å². The Morgan fingerprint density at radius 1 is 1.00 bits per heavy atom. The number of nitrogens with one attached hydrogen (secondary N) is 1. The average Bonchev–Trinajstić information content (AvgIpc) is 3.48. The number of hydrogen-bond donors (Lipinski definition) is 3. The Bertz CT molecular complexity index is 1540. The summed E-state index contributed by atoms with van der Waals surface area (Å²) in [6.07, 6.45) is 3.49. The minimum absolute atomic E-state index is 0.0633. The van der Waals surface area contributed by atoms with Gasteiger partial charge < -0.3 is 29.6 Å². The zero-order valence-corrected chi connectivity index (χ0v) is 18.7. The van der Waals surface area contributed by atoms with E-state index in [0.717, 1.165) is 29.7 Å². The predicted molar refractivity (Wildman–Crippen MR) is 130 cm³/mol. The van der Waals surface area contributed by atoms with E-state index in [1.165, 1.54) is 12.4 Å². The maximum absolute atomic E-state index is 11.4. The summed E-state index contributed by atoms with van der Waals surface area (Å²) in [6, 6.07) is 11.2. The molecule has 5 aromatic rings. The maximum Gasteiger partial charge on any atom is 0.248 e. The molecule has 12 heteroatoms. The van der Waals surface area contributed by atoms with Gasteiger partial charge >= 0.3 is 0 Å². The van der Waals surface area contributed by atoms with Gasteiger partial charge in [0.1, 0.15) is 0 Å². The molecule has 5 heterocycles. The number of piperazine rings is 1. The summed E-state index contributed by atoms with van der Waals surface area (Å²) in [6.45, 7) is 2.72. The van der Waals surface area contributed by atoms with Crippen molar-refractivity contribution in [3.05, 3.63) is 65.5 Å². The molecule has 1 aromatic carbocycles. The summed E-state index contributed by atoms with van der Waals surface area (Å²) in [5.74, 6) is 1.04. The van der Waals surface area contributed by atoms with Crippen LogP contribution in [0.4, 0.5) is 11.6 Å². The average molecular weight is 473 g/mol. The van der Waals surface area contributed by atoms with Crippen molar-refractivity contribution in [2.24, 2.45) is 0 Å². The van der Waals surface area contributed by atoms with Gasteiger partial charge in [-0.3, -0.25) is 4.79 Å². The van der Waals surface area contributed by atoms with Crippen LogP contribution in [0.5, 0.6) is 0 Å². The molecule has 0 unspecified atom stereocenters. The van der Waals surface area contributed by atoms with Crippen LogP contribution in [0.25, 0.3) is 27.9 Å². The second-order valence-corrected chi connectivity index (χ2v) is 8.40. The van der Waals surface area contributed by atoms with Gasteiger partial charge in [-0.05, 0) is 12.1 Å². The van der Waals surface area contributed by atoms with Crippen LogP contribution in [0.2, 0.25) is 0 Å². The molecule has 0 radical (unpaired) electrons. The number of rotatable bonds is 5. The summed E-state index contributed by atoms with van der Waals surface area (Å²) in [4.78, 5) is 32.5. The number of para-hydroxylation sites is 1. The predicted octanol–water partition coefficient (Wildman–Crippen LogP) is 0.491. The number of aromatic amines is 1. The van der Waals surface area contributed by atoms with Crippen molar-refractivity contribution in [3.63, 3.8) is 0 Å². The number of pyridine rings is 1. The van der Waals surface area contributed by atoms with E-state index in [1.807, 2.05) is 30.3 Å². The largest absolute Gasteiger partial charge is 0.367 e. The zero-order chi connectivity index (χ0) is 23.9. The van der Waals surface area contributed by atoms with E-state index in [2.05, 4.69) is 24.9 Å². The van der Waals surface area contributed by atoms with Crippen molar-refractivity contribution in [2.75, 3.05) is 36.0 Å². The number of aliphatic hydroxyl groups is 2. The number of fused-ring (bicyclic) bond motifs is 2. The molecule has 1 aliphatic rings. The van der Waals surface area contributed by atoms with Crippen LogP contribution in [0.1, 0.15) is 0 Å². The second kappa shape index (κ2) is 8.49. The third-order valence-corrected chi connectivity index (χ3v) is 6.17. The lowest BCUT2D eigenvalue weighted by molar-refractivity contribution is -0.0506. The standard InChI is InChI=1S/C23H23N9O3/c33-18-6-5-16(12-24-18)29-7-9-30(10-8-29)23-27-21-20(25-14-31(21)13-19(34)35)22(28-23)32-17-4-2-1-3-15(17)11-26-32/h1-6,11-12,14,19,34-35H,7-10,13H2,(H,24,33). The van der Waals surface area contributed by atoms with Crippen LogP contribution in [0.3, 0.4) is 0 Å². The molecule has 0 amide bonds. The molecule has 35 heavy (non-hydrogen) atoms. The lowest BCUT2D eigenvalue weighted by atomic mass is 10.2. The first kappa shape index (κ1) is 21.3. The molecule has 0 atom stereocenters. The Hall–Kier alpha value is -4.29. The highest BCUT2D eigenvalue weighted by atomic mass is 16.5. The quantitative estimate of drug-likeness (QED) is 0.311. The van der Waals surface area contributed by atoms with Crippen LogP contribution in [-0.4, -0.2) is 77.0 Å². The van der Waals surface area contributed by atoms with Crippen molar-refractivity contribution in [2.45, 2.75) is 12.8 Å². The summed E-state index contributed by atoms with van der Waals surface area (Å²) in [5, 5.41) is 24.6. The van der Waals surface area contributed by atoms with E-state index in [4.69, 9.17) is 9.97 Å². The van der Waals surface area contributed by atoms with Gasteiger partial charge in [0.05, 0.1) is 30.3 Å². The molecule has 1 saturated heterocycles. The number of aromatic nitrogens is 7. The molecule has 1 fully saturated rings. The lowest BCUT2D eigenvalue weighted by Crippen LogP contribution is -2.47. The van der Waals surface area contributed by atoms with E-state index in [1.54, 1.807) is 21.6 Å².